The lowest BCUT2D eigenvalue weighted by Crippen LogP contribution is -2.10. The number of carbonyl (C=O) groups is 1. The molecule has 0 spiro atoms. The van der Waals surface area contributed by atoms with Gasteiger partial charge in [0.1, 0.15) is 5.75 Å². The van der Waals surface area contributed by atoms with Gasteiger partial charge in [-0.25, -0.2) is 13.2 Å². The molecule has 0 aromatic heterocycles. The molecule has 2 rings (SSSR count). The van der Waals surface area contributed by atoms with Crippen LogP contribution in [0.25, 0.3) is 0 Å². The Balaban J connectivity index is 2.35. The lowest BCUT2D eigenvalue weighted by molar-refractivity contribution is 0.0734. The van der Waals surface area contributed by atoms with Crippen molar-refractivity contribution >= 4 is 39.0 Å². The number of esters is 1. The summed E-state index contributed by atoms with van der Waals surface area (Å²) in [6, 6.07) is 8.63. The van der Waals surface area contributed by atoms with Gasteiger partial charge >= 0.3 is 5.97 Å². The van der Waals surface area contributed by atoms with E-state index in [1.807, 2.05) is 0 Å². The Bertz CT molecular complexity index is 845. The quantitative estimate of drug-likeness (QED) is 0.616. The van der Waals surface area contributed by atoms with Gasteiger partial charge in [0.05, 0.1) is 15.5 Å². The first-order valence-electron chi connectivity index (χ1n) is 6.16. The average molecular weight is 359 g/mol. The summed E-state index contributed by atoms with van der Waals surface area (Å²) < 4.78 is 28.3. The van der Waals surface area contributed by atoms with E-state index in [0.29, 0.717) is 10.8 Å². The largest absolute Gasteiger partial charge is 0.423 e. The molecule has 2 aromatic carbocycles. The number of ether oxygens (including phenoxy) is 1. The molecule has 0 amide bonds. The highest BCUT2D eigenvalue weighted by molar-refractivity contribution is 7.90. The third-order valence-corrected chi connectivity index (χ3v) is 4.79. The topological polar surface area (TPSA) is 60.4 Å². The summed E-state index contributed by atoms with van der Waals surface area (Å²) in [6.45, 7) is 1.77. The first-order valence-corrected chi connectivity index (χ1v) is 8.81. The minimum Gasteiger partial charge on any atom is -0.423 e. The molecule has 2 aromatic rings. The van der Waals surface area contributed by atoms with Crippen LogP contribution < -0.4 is 4.74 Å². The summed E-state index contributed by atoms with van der Waals surface area (Å²) in [4.78, 5) is 12.2. The molecule has 116 valence electrons. The highest BCUT2D eigenvalue weighted by Gasteiger charge is 2.17. The van der Waals surface area contributed by atoms with E-state index in [1.54, 1.807) is 25.1 Å². The van der Waals surface area contributed by atoms with Gasteiger partial charge in [-0.2, -0.15) is 0 Å². The van der Waals surface area contributed by atoms with E-state index in [2.05, 4.69) is 0 Å². The van der Waals surface area contributed by atoms with Crippen LogP contribution in [0.1, 0.15) is 15.9 Å². The summed E-state index contributed by atoms with van der Waals surface area (Å²) in [5.41, 5.74) is 0.736. The van der Waals surface area contributed by atoms with Crippen molar-refractivity contribution < 1.29 is 17.9 Å². The zero-order valence-corrected chi connectivity index (χ0v) is 14.1. The van der Waals surface area contributed by atoms with Crippen molar-refractivity contribution in [2.24, 2.45) is 0 Å². The van der Waals surface area contributed by atoms with Crippen LogP contribution in [-0.2, 0) is 9.84 Å². The average Bonchev–Trinajstić information content (AvgIpc) is 2.42. The number of benzene rings is 2. The van der Waals surface area contributed by atoms with Gasteiger partial charge in [0.15, 0.2) is 9.84 Å². The van der Waals surface area contributed by atoms with Gasteiger partial charge in [-0.3, -0.25) is 0 Å². The number of rotatable bonds is 3. The maximum Gasteiger partial charge on any atom is 0.345 e. The molecule has 0 atom stereocenters. The van der Waals surface area contributed by atoms with E-state index in [1.165, 1.54) is 18.2 Å². The van der Waals surface area contributed by atoms with Crippen LogP contribution in [0.5, 0.6) is 5.75 Å². The molecule has 22 heavy (non-hydrogen) atoms. The standard InChI is InChI=1S/C15H12Cl2O4S/c1-9-7-10(3-5-13(9)16)21-15(18)12-8-11(22(2,19)20)4-6-14(12)17/h3-8H,1-2H3. The smallest absolute Gasteiger partial charge is 0.345 e. The Kier molecular flexibility index (Phi) is 4.80. The van der Waals surface area contributed by atoms with E-state index < -0.39 is 15.8 Å². The van der Waals surface area contributed by atoms with Crippen LogP contribution in [0.3, 0.4) is 0 Å². The molecule has 7 heteroatoms. The number of carbonyl (C=O) groups excluding carboxylic acids is 1. The first kappa shape index (κ1) is 16.8. The van der Waals surface area contributed by atoms with Crippen LogP contribution in [0.15, 0.2) is 41.3 Å². The monoisotopic (exact) mass is 358 g/mol. The van der Waals surface area contributed by atoms with Gasteiger partial charge in [0.25, 0.3) is 0 Å². The predicted molar refractivity (Wildman–Crippen MR) is 85.7 cm³/mol. The summed E-state index contributed by atoms with van der Waals surface area (Å²) in [5.74, 6) is -0.440. The molecule has 4 nitrogen and oxygen atoms in total. The van der Waals surface area contributed by atoms with Gasteiger partial charge in [-0.15, -0.1) is 0 Å². The molecular weight excluding hydrogens is 347 g/mol. The summed E-state index contributed by atoms with van der Waals surface area (Å²) in [6.07, 6.45) is 1.05. The maximum absolute atomic E-state index is 12.2. The summed E-state index contributed by atoms with van der Waals surface area (Å²) >= 11 is 11.8. The zero-order chi connectivity index (χ0) is 16.5. The lowest BCUT2D eigenvalue weighted by atomic mass is 10.2. The molecule has 0 saturated carbocycles. The summed E-state index contributed by atoms with van der Waals surface area (Å²) in [5, 5.41) is 0.667. The molecule has 0 aliphatic rings. The Morgan fingerprint density at radius 3 is 2.27 bits per heavy atom. The Morgan fingerprint density at radius 1 is 1.05 bits per heavy atom. The minimum absolute atomic E-state index is 0.00358. The fourth-order valence-corrected chi connectivity index (χ4v) is 2.69. The zero-order valence-electron chi connectivity index (χ0n) is 11.8. The molecule has 0 saturated heterocycles. The second-order valence-electron chi connectivity index (χ2n) is 4.71. The molecular formula is C15H12Cl2O4S. The second-order valence-corrected chi connectivity index (χ2v) is 7.54. The van der Waals surface area contributed by atoms with Crippen molar-refractivity contribution in [3.63, 3.8) is 0 Å². The van der Waals surface area contributed by atoms with Gasteiger partial charge in [-0.05, 0) is 48.9 Å². The first-order chi connectivity index (χ1) is 10.2. The molecule has 0 heterocycles. The van der Waals surface area contributed by atoms with Crippen LogP contribution in [0.4, 0.5) is 0 Å². The molecule has 0 N–H and O–H groups in total. The van der Waals surface area contributed by atoms with Gasteiger partial charge in [0.2, 0.25) is 0 Å². The number of sulfone groups is 1. The lowest BCUT2D eigenvalue weighted by Gasteiger charge is -2.08. The molecule has 0 aliphatic carbocycles. The van der Waals surface area contributed by atoms with Gasteiger partial charge in [0, 0.05) is 11.3 Å². The number of hydrogen-bond acceptors (Lipinski definition) is 4. The Hall–Kier alpha value is -1.56. The minimum atomic E-state index is -3.44. The normalized spacial score (nSPS) is 11.3. The maximum atomic E-state index is 12.2. The Morgan fingerprint density at radius 2 is 1.68 bits per heavy atom. The van der Waals surface area contributed by atoms with Gasteiger partial charge in [-0.1, -0.05) is 23.2 Å². The molecule has 0 bridgehead atoms. The second kappa shape index (κ2) is 6.28. The van der Waals surface area contributed by atoms with Crippen LogP contribution >= 0.6 is 23.2 Å². The fourth-order valence-electron chi connectivity index (χ4n) is 1.73. The third kappa shape index (κ3) is 3.80. The predicted octanol–water partition coefficient (Wildman–Crippen LogP) is 3.92. The van der Waals surface area contributed by atoms with Crippen molar-refractivity contribution in [3.8, 4) is 5.75 Å². The van der Waals surface area contributed by atoms with Crippen LogP contribution in [-0.4, -0.2) is 20.6 Å². The van der Waals surface area contributed by atoms with E-state index >= 15 is 0 Å². The molecule has 0 fully saturated rings. The van der Waals surface area contributed by atoms with E-state index in [0.717, 1.165) is 11.8 Å². The van der Waals surface area contributed by atoms with Crippen molar-refractivity contribution in [2.75, 3.05) is 6.26 Å². The van der Waals surface area contributed by atoms with Crippen molar-refractivity contribution in [2.45, 2.75) is 11.8 Å². The Labute approximate surface area is 138 Å². The van der Waals surface area contributed by atoms with Crippen LogP contribution in [0, 0.1) is 6.92 Å². The fraction of sp³-hybridized carbons (Fsp3) is 0.133. The number of aryl methyl sites for hydroxylation is 1. The van der Waals surface area contributed by atoms with Crippen LogP contribution in [0.2, 0.25) is 10.0 Å². The highest BCUT2D eigenvalue weighted by atomic mass is 35.5. The van der Waals surface area contributed by atoms with Crippen molar-refractivity contribution in [1.82, 2.24) is 0 Å². The number of halogens is 2. The summed E-state index contributed by atoms with van der Waals surface area (Å²) in [7, 11) is -3.44. The molecule has 0 unspecified atom stereocenters. The third-order valence-electron chi connectivity index (χ3n) is 2.93. The molecule has 0 aliphatic heterocycles. The van der Waals surface area contributed by atoms with E-state index in [-0.39, 0.29) is 15.5 Å². The SMILES string of the molecule is Cc1cc(OC(=O)c2cc(S(C)(=O)=O)ccc2Cl)ccc1Cl. The molecule has 0 radical (unpaired) electrons. The van der Waals surface area contributed by atoms with E-state index in [9.17, 15) is 13.2 Å². The van der Waals surface area contributed by atoms with Crippen molar-refractivity contribution in [3.05, 3.63) is 57.6 Å². The van der Waals surface area contributed by atoms with Gasteiger partial charge < -0.3 is 4.74 Å². The van der Waals surface area contributed by atoms with Crippen molar-refractivity contribution in [1.29, 1.82) is 0 Å². The highest BCUT2D eigenvalue weighted by Crippen LogP contribution is 2.25. The number of hydrogen-bond donors (Lipinski definition) is 0. The van der Waals surface area contributed by atoms with E-state index in [4.69, 9.17) is 27.9 Å².